The van der Waals surface area contributed by atoms with Crippen LogP contribution in [0.1, 0.15) is 16.1 Å². The highest BCUT2D eigenvalue weighted by Gasteiger charge is 2.10. The smallest absolute Gasteiger partial charge is 0.267 e. The van der Waals surface area contributed by atoms with Crippen molar-refractivity contribution in [3.05, 3.63) is 60.0 Å². The van der Waals surface area contributed by atoms with E-state index < -0.39 is 9.84 Å². The van der Waals surface area contributed by atoms with E-state index in [0.717, 1.165) is 22.7 Å². The zero-order chi connectivity index (χ0) is 16.4. The lowest BCUT2D eigenvalue weighted by Gasteiger charge is -2.05. The van der Waals surface area contributed by atoms with Crippen LogP contribution < -0.4 is 5.32 Å². The molecule has 0 radical (unpaired) electrons. The summed E-state index contributed by atoms with van der Waals surface area (Å²) in [6, 6.07) is 9.98. The molecule has 0 aliphatic heterocycles. The first-order valence-electron chi connectivity index (χ1n) is 6.93. The number of nitrogens with zero attached hydrogens (tertiary/aromatic N) is 1. The molecule has 0 aliphatic rings. The van der Waals surface area contributed by atoms with Gasteiger partial charge in [-0.25, -0.2) is 8.42 Å². The summed E-state index contributed by atoms with van der Waals surface area (Å²) in [5, 5.41) is 3.66. The van der Waals surface area contributed by atoms with Crippen molar-refractivity contribution in [2.45, 2.75) is 11.4 Å². The Balaban J connectivity index is 1.69. The normalized spacial score (nSPS) is 11.5. The number of rotatable bonds is 4. The Kier molecular flexibility index (Phi) is 3.87. The van der Waals surface area contributed by atoms with Gasteiger partial charge in [0.15, 0.2) is 9.84 Å². The first kappa shape index (κ1) is 15.2. The van der Waals surface area contributed by atoms with E-state index in [4.69, 9.17) is 0 Å². The number of carbonyl (C=O) groups excluding carboxylic acids is 1. The number of pyridine rings is 1. The lowest BCUT2D eigenvalue weighted by Crippen LogP contribution is -2.23. The Bertz CT molecular complexity index is 927. The first-order chi connectivity index (χ1) is 10.9. The molecule has 0 fully saturated rings. The molecule has 0 atom stereocenters. The van der Waals surface area contributed by atoms with Crippen LogP contribution in [0.25, 0.3) is 10.9 Å². The van der Waals surface area contributed by atoms with Crippen LogP contribution in [0, 0.1) is 0 Å². The second-order valence-corrected chi connectivity index (χ2v) is 7.26. The van der Waals surface area contributed by atoms with Crippen molar-refractivity contribution in [1.82, 2.24) is 15.3 Å². The van der Waals surface area contributed by atoms with Crippen molar-refractivity contribution < 1.29 is 13.2 Å². The standard InChI is InChI=1S/C16H15N3O3S/c1-23(21,22)13-4-2-11(3-5-13)9-18-16(20)15-8-12-10-17-7-6-14(12)19-15/h2-8,10,19H,9H2,1H3,(H,18,20). The van der Waals surface area contributed by atoms with Crippen molar-refractivity contribution in [3.63, 3.8) is 0 Å². The summed E-state index contributed by atoms with van der Waals surface area (Å²) < 4.78 is 22.8. The van der Waals surface area contributed by atoms with Gasteiger partial charge in [-0.1, -0.05) is 12.1 Å². The number of amides is 1. The zero-order valence-corrected chi connectivity index (χ0v) is 13.2. The van der Waals surface area contributed by atoms with Crippen molar-refractivity contribution in [1.29, 1.82) is 0 Å². The van der Waals surface area contributed by atoms with Gasteiger partial charge >= 0.3 is 0 Å². The largest absolute Gasteiger partial charge is 0.350 e. The van der Waals surface area contributed by atoms with Crippen LogP contribution in [0.3, 0.4) is 0 Å². The van der Waals surface area contributed by atoms with E-state index in [-0.39, 0.29) is 10.8 Å². The Morgan fingerprint density at radius 1 is 1.22 bits per heavy atom. The van der Waals surface area contributed by atoms with Crippen molar-refractivity contribution in [2.24, 2.45) is 0 Å². The fraction of sp³-hybridized carbons (Fsp3) is 0.125. The molecule has 0 saturated heterocycles. The minimum Gasteiger partial charge on any atom is -0.350 e. The van der Waals surface area contributed by atoms with E-state index >= 15 is 0 Å². The number of carbonyl (C=O) groups is 1. The molecule has 23 heavy (non-hydrogen) atoms. The van der Waals surface area contributed by atoms with Crippen LogP contribution in [-0.4, -0.2) is 30.5 Å². The quantitative estimate of drug-likeness (QED) is 0.764. The molecular formula is C16H15N3O3S. The summed E-state index contributed by atoms with van der Waals surface area (Å²) in [6.07, 6.45) is 4.50. The average molecular weight is 329 g/mol. The number of nitrogens with one attached hydrogen (secondary N) is 2. The Labute approximate surface area is 133 Å². The molecule has 3 rings (SSSR count). The van der Waals surface area contributed by atoms with E-state index in [1.54, 1.807) is 36.7 Å². The van der Waals surface area contributed by atoms with Gasteiger partial charge in [0.1, 0.15) is 5.69 Å². The van der Waals surface area contributed by atoms with Gasteiger partial charge in [-0.15, -0.1) is 0 Å². The number of aromatic nitrogens is 2. The fourth-order valence-electron chi connectivity index (χ4n) is 2.23. The molecule has 0 bridgehead atoms. The SMILES string of the molecule is CS(=O)(=O)c1ccc(CNC(=O)c2cc3cnccc3[nH]2)cc1. The van der Waals surface area contributed by atoms with E-state index in [9.17, 15) is 13.2 Å². The second-order valence-electron chi connectivity index (χ2n) is 5.24. The molecule has 2 aromatic heterocycles. The molecule has 6 nitrogen and oxygen atoms in total. The highest BCUT2D eigenvalue weighted by molar-refractivity contribution is 7.90. The molecule has 1 aromatic carbocycles. The number of fused-ring (bicyclic) bond motifs is 1. The van der Waals surface area contributed by atoms with Gasteiger partial charge in [-0.05, 0) is 29.8 Å². The van der Waals surface area contributed by atoms with Gasteiger partial charge < -0.3 is 10.3 Å². The maximum Gasteiger partial charge on any atom is 0.267 e. The number of hydrogen-bond acceptors (Lipinski definition) is 4. The summed E-state index contributed by atoms with van der Waals surface area (Å²) in [6.45, 7) is 0.316. The third-order valence-electron chi connectivity index (χ3n) is 3.47. The maximum absolute atomic E-state index is 12.2. The van der Waals surface area contributed by atoms with Crippen molar-refractivity contribution >= 4 is 26.6 Å². The van der Waals surface area contributed by atoms with Crippen molar-refractivity contribution in [2.75, 3.05) is 6.26 Å². The van der Waals surface area contributed by atoms with Gasteiger partial charge in [0.2, 0.25) is 0 Å². The lowest BCUT2D eigenvalue weighted by molar-refractivity contribution is 0.0946. The third-order valence-corrected chi connectivity index (χ3v) is 4.60. The Hall–Kier alpha value is -2.67. The van der Waals surface area contributed by atoms with Gasteiger partial charge in [0, 0.05) is 36.1 Å². The topological polar surface area (TPSA) is 91.9 Å². The van der Waals surface area contributed by atoms with E-state index in [1.807, 2.05) is 0 Å². The molecule has 3 aromatic rings. The Morgan fingerprint density at radius 2 is 1.96 bits per heavy atom. The zero-order valence-electron chi connectivity index (χ0n) is 12.4. The van der Waals surface area contributed by atoms with Crippen molar-refractivity contribution in [3.8, 4) is 0 Å². The van der Waals surface area contributed by atoms with E-state index in [2.05, 4.69) is 15.3 Å². The number of H-pyrrole nitrogens is 1. The monoisotopic (exact) mass is 329 g/mol. The molecule has 0 unspecified atom stereocenters. The maximum atomic E-state index is 12.2. The number of hydrogen-bond donors (Lipinski definition) is 2. The third kappa shape index (κ3) is 3.40. The Morgan fingerprint density at radius 3 is 2.61 bits per heavy atom. The van der Waals surface area contributed by atoms with Crippen LogP contribution in [0.2, 0.25) is 0 Å². The van der Waals surface area contributed by atoms with E-state index in [0.29, 0.717) is 12.2 Å². The molecule has 1 amide bonds. The second kappa shape index (κ2) is 5.85. The van der Waals surface area contributed by atoms with Gasteiger partial charge in [-0.3, -0.25) is 9.78 Å². The molecule has 2 N–H and O–H groups in total. The van der Waals surface area contributed by atoms with Gasteiger partial charge in [0.25, 0.3) is 5.91 Å². The van der Waals surface area contributed by atoms with Crippen LogP contribution >= 0.6 is 0 Å². The average Bonchev–Trinajstić information content (AvgIpc) is 2.96. The lowest BCUT2D eigenvalue weighted by atomic mass is 10.2. The fourth-order valence-corrected chi connectivity index (χ4v) is 2.86. The number of aromatic amines is 1. The van der Waals surface area contributed by atoms with Crippen LogP contribution in [-0.2, 0) is 16.4 Å². The summed E-state index contributed by atoms with van der Waals surface area (Å²) >= 11 is 0. The predicted molar refractivity (Wildman–Crippen MR) is 86.8 cm³/mol. The predicted octanol–water partition coefficient (Wildman–Crippen LogP) is 1.90. The first-order valence-corrected chi connectivity index (χ1v) is 8.82. The van der Waals surface area contributed by atoms with Gasteiger partial charge in [0.05, 0.1) is 4.90 Å². The summed E-state index contributed by atoms with van der Waals surface area (Å²) in [5.41, 5.74) is 2.13. The van der Waals surface area contributed by atoms with Crippen LogP contribution in [0.15, 0.2) is 53.7 Å². The minimum absolute atomic E-state index is 0.228. The molecule has 7 heteroatoms. The highest BCUT2D eigenvalue weighted by atomic mass is 32.2. The van der Waals surface area contributed by atoms with E-state index in [1.165, 1.54) is 12.1 Å². The highest BCUT2D eigenvalue weighted by Crippen LogP contribution is 2.14. The van der Waals surface area contributed by atoms with Crippen LogP contribution in [0.5, 0.6) is 0 Å². The van der Waals surface area contributed by atoms with Crippen LogP contribution in [0.4, 0.5) is 0 Å². The molecule has 0 saturated carbocycles. The number of benzene rings is 1. The summed E-state index contributed by atoms with van der Waals surface area (Å²) in [4.78, 5) is 19.5. The summed E-state index contributed by atoms with van der Waals surface area (Å²) in [5.74, 6) is -0.228. The molecule has 0 aliphatic carbocycles. The van der Waals surface area contributed by atoms with Gasteiger partial charge in [-0.2, -0.15) is 0 Å². The minimum atomic E-state index is -3.21. The summed E-state index contributed by atoms with van der Waals surface area (Å²) in [7, 11) is -3.21. The number of sulfone groups is 1. The molecular weight excluding hydrogens is 314 g/mol. The molecule has 0 spiro atoms. The molecule has 2 heterocycles. The molecule has 118 valence electrons.